The Balaban J connectivity index is 2.57. The van der Waals surface area contributed by atoms with E-state index < -0.39 is 0 Å². The van der Waals surface area contributed by atoms with Crippen molar-refractivity contribution >= 4 is 6.03 Å². The molecule has 0 radical (unpaired) electrons. The first-order valence-corrected chi connectivity index (χ1v) is 7.27. The van der Waals surface area contributed by atoms with Gasteiger partial charge in [0.05, 0.1) is 12.6 Å². The van der Waals surface area contributed by atoms with E-state index in [4.69, 9.17) is 9.84 Å². The van der Waals surface area contributed by atoms with E-state index in [1.807, 2.05) is 4.90 Å². The maximum absolute atomic E-state index is 12.4. The van der Waals surface area contributed by atoms with Gasteiger partial charge in [-0.25, -0.2) is 4.79 Å². The highest BCUT2D eigenvalue weighted by Gasteiger charge is 2.28. The molecular weight excluding hydrogens is 244 g/mol. The van der Waals surface area contributed by atoms with E-state index in [-0.39, 0.29) is 24.7 Å². The summed E-state index contributed by atoms with van der Waals surface area (Å²) in [6.07, 6.45) is 3.85. The largest absolute Gasteiger partial charge is 0.396 e. The predicted octanol–water partition coefficient (Wildman–Crippen LogP) is 1.60. The van der Waals surface area contributed by atoms with Crippen LogP contribution in [0.25, 0.3) is 0 Å². The summed E-state index contributed by atoms with van der Waals surface area (Å²) >= 11 is 0. The second-order valence-electron chi connectivity index (χ2n) is 5.61. The molecule has 1 saturated heterocycles. The molecule has 1 aliphatic rings. The van der Waals surface area contributed by atoms with E-state index >= 15 is 0 Å². The van der Waals surface area contributed by atoms with Crippen LogP contribution >= 0.6 is 0 Å². The molecule has 5 heteroatoms. The number of ether oxygens (including phenoxy) is 1. The number of urea groups is 1. The molecule has 1 fully saturated rings. The van der Waals surface area contributed by atoms with Crippen molar-refractivity contribution in [2.45, 2.75) is 51.6 Å². The fourth-order valence-corrected chi connectivity index (χ4v) is 2.54. The number of rotatable bonds is 6. The van der Waals surface area contributed by atoms with Crippen molar-refractivity contribution in [1.29, 1.82) is 0 Å². The minimum atomic E-state index is -0.0195. The van der Waals surface area contributed by atoms with Gasteiger partial charge < -0.3 is 20.1 Å². The van der Waals surface area contributed by atoms with Gasteiger partial charge in [-0.1, -0.05) is 13.8 Å². The molecule has 0 bridgehead atoms. The van der Waals surface area contributed by atoms with E-state index in [0.717, 1.165) is 25.8 Å². The van der Waals surface area contributed by atoms with E-state index in [9.17, 15) is 4.79 Å². The summed E-state index contributed by atoms with van der Waals surface area (Å²) < 4.78 is 5.15. The van der Waals surface area contributed by atoms with Crippen LogP contribution in [-0.2, 0) is 4.74 Å². The van der Waals surface area contributed by atoms with Crippen LogP contribution < -0.4 is 5.32 Å². The zero-order valence-corrected chi connectivity index (χ0v) is 12.4. The monoisotopic (exact) mass is 272 g/mol. The van der Waals surface area contributed by atoms with Crippen LogP contribution in [0.2, 0.25) is 0 Å². The Labute approximate surface area is 116 Å². The predicted molar refractivity (Wildman–Crippen MR) is 75.1 cm³/mol. The van der Waals surface area contributed by atoms with Crippen molar-refractivity contribution in [3.05, 3.63) is 0 Å². The maximum Gasteiger partial charge on any atom is 0.317 e. The van der Waals surface area contributed by atoms with Crippen molar-refractivity contribution in [2.24, 2.45) is 5.92 Å². The second-order valence-corrected chi connectivity index (χ2v) is 5.61. The summed E-state index contributed by atoms with van der Waals surface area (Å²) in [5, 5.41) is 12.1. The van der Waals surface area contributed by atoms with Crippen molar-refractivity contribution in [1.82, 2.24) is 10.2 Å². The van der Waals surface area contributed by atoms with Gasteiger partial charge in [0.1, 0.15) is 0 Å². The number of methoxy groups -OCH3 is 1. The molecule has 0 aromatic carbocycles. The molecule has 0 aromatic heterocycles. The van der Waals surface area contributed by atoms with E-state index in [2.05, 4.69) is 19.2 Å². The number of nitrogens with one attached hydrogen (secondary N) is 1. The Morgan fingerprint density at radius 2 is 2.21 bits per heavy atom. The van der Waals surface area contributed by atoms with E-state index in [1.54, 1.807) is 7.11 Å². The van der Waals surface area contributed by atoms with Gasteiger partial charge in [-0.15, -0.1) is 0 Å². The second kappa shape index (κ2) is 8.38. The molecule has 0 aliphatic carbocycles. The summed E-state index contributed by atoms with van der Waals surface area (Å²) in [4.78, 5) is 14.2. The van der Waals surface area contributed by atoms with Gasteiger partial charge in [0.25, 0.3) is 0 Å². The van der Waals surface area contributed by atoms with Gasteiger partial charge in [-0.2, -0.15) is 0 Å². The topological polar surface area (TPSA) is 61.8 Å². The van der Waals surface area contributed by atoms with Crippen LogP contribution in [0.1, 0.15) is 39.5 Å². The van der Waals surface area contributed by atoms with Gasteiger partial charge in [0.2, 0.25) is 0 Å². The van der Waals surface area contributed by atoms with Crippen LogP contribution in [0.5, 0.6) is 0 Å². The third kappa shape index (κ3) is 4.99. The van der Waals surface area contributed by atoms with Gasteiger partial charge in [0, 0.05) is 26.3 Å². The summed E-state index contributed by atoms with van der Waals surface area (Å²) in [6, 6.07) is 0.192. The Morgan fingerprint density at radius 1 is 1.47 bits per heavy atom. The highest BCUT2D eigenvalue weighted by molar-refractivity contribution is 5.75. The van der Waals surface area contributed by atoms with Crippen LogP contribution in [0.15, 0.2) is 0 Å². The molecule has 112 valence electrons. The van der Waals surface area contributed by atoms with E-state index in [1.165, 1.54) is 0 Å². The first-order chi connectivity index (χ1) is 9.10. The molecular formula is C14H28N2O3. The molecule has 5 nitrogen and oxygen atoms in total. The van der Waals surface area contributed by atoms with Crippen LogP contribution in [0.4, 0.5) is 4.79 Å². The quantitative estimate of drug-likeness (QED) is 0.772. The highest BCUT2D eigenvalue weighted by atomic mass is 16.5. The zero-order chi connectivity index (χ0) is 14.3. The lowest BCUT2D eigenvalue weighted by Crippen LogP contribution is -2.53. The Bertz CT molecular complexity index is 269. The standard InChI is InChI=1S/C14H28N2O3/c1-11(2)13(10-19-3)15-14(18)16-8-5-4-6-12(16)7-9-17/h11-13,17H,4-10H2,1-3H3,(H,15,18)/t12-,13+/m0/s1. The van der Waals surface area contributed by atoms with Gasteiger partial charge >= 0.3 is 6.03 Å². The molecule has 0 spiro atoms. The van der Waals surface area contributed by atoms with Crippen molar-refractivity contribution in [3.63, 3.8) is 0 Å². The molecule has 1 heterocycles. The average Bonchev–Trinajstić information content (AvgIpc) is 2.39. The molecule has 2 atom stereocenters. The third-order valence-electron chi connectivity index (χ3n) is 3.81. The number of carbonyl (C=O) groups excluding carboxylic acids is 1. The van der Waals surface area contributed by atoms with Crippen LogP contribution in [-0.4, -0.2) is 55.0 Å². The summed E-state index contributed by atoms with van der Waals surface area (Å²) in [6.45, 7) is 5.60. The minimum Gasteiger partial charge on any atom is -0.396 e. The Morgan fingerprint density at radius 3 is 2.79 bits per heavy atom. The average molecular weight is 272 g/mol. The highest BCUT2D eigenvalue weighted by Crippen LogP contribution is 2.19. The Kier molecular flexibility index (Phi) is 7.16. The zero-order valence-electron chi connectivity index (χ0n) is 12.4. The number of aliphatic hydroxyl groups is 1. The summed E-state index contributed by atoms with van der Waals surface area (Å²) in [5.41, 5.74) is 0. The first kappa shape index (κ1) is 16.2. The molecule has 0 unspecified atom stereocenters. The number of carbonyl (C=O) groups is 1. The number of nitrogens with zero attached hydrogens (tertiary/aromatic N) is 1. The van der Waals surface area contributed by atoms with Gasteiger partial charge in [-0.3, -0.25) is 0 Å². The van der Waals surface area contributed by atoms with Crippen molar-refractivity contribution < 1.29 is 14.6 Å². The fourth-order valence-electron chi connectivity index (χ4n) is 2.54. The molecule has 0 saturated carbocycles. The van der Waals surface area contributed by atoms with Crippen LogP contribution in [0, 0.1) is 5.92 Å². The number of hydrogen-bond acceptors (Lipinski definition) is 3. The molecule has 0 aromatic rings. The third-order valence-corrected chi connectivity index (χ3v) is 3.81. The lowest BCUT2D eigenvalue weighted by atomic mass is 10.00. The first-order valence-electron chi connectivity index (χ1n) is 7.27. The lowest BCUT2D eigenvalue weighted by Gasteiger charge is -2.37. The smallest absolute Gasteiger partial charge is 0.317 e. The summed E-state index contributed by atoms with van der Waals surface area (Å²) in [7, 11) is 1.65. The summed E-state index contributed by atoms with van der Waals surface area (Å²) in [5.74, 6) is 0.338. The molecule has 2 amide bonds. The number of likely N-dealkylation sites (tertiary alicyclic amines) is 1. The van der Waals surface area contributed by atoms with Crippen molar-refractivity contribution in [2.75, 3.05) is 26.9 Å². The van der Waals surface area contributed by atoms with Gasteiger partial charge in [-0.05, 0) is 31.6 Å². The number of amides is 2. The Hall–Kier alpha value is -0.810. The molecule has 2 N–H and O–H groups in total. The molecule has 1 rings (SSSR count). The van der Waals surface area contributed by atoms with Gasteiger partial charge in [0.15, 0.2) is 0 Å². The minimum absolute atomic E-state index is 0.0195. The van der Waals surface area contributed by atoms with E-state index in [0.29, 0.717) is 18.9 Å². The molecule has 19 heavy (non-hydrogen) atoms. The SMILES string of the molecule is COC[C@@H](NC(=O)N1CCCC[C@H]1CCO)C(C)C. The molecule has 1 aliphatic heterocycles. The normalized spacial score (nSPS) is 21.5. The lowest BCUT2D eigenvalue weighted by molar-refractivity contribution is 0.113. The maximum atomic E-state index is 12.4. The fraction of sp³-hybridized carbons (Fsp3) is 0.929. The number of aliphatic hydroxyl groups excluding tert-OH is 1. The number of piperidine rings is 1. The van der Waals surface area contributed by atoms with Crippen molar-refractivity contribution in [3.8, 4) is 0 Å². The van der Waals surface area contributed by atoms with Crippen LogP contribution in [0.3, 0.4) is 0 Å². The number of hydrogen-bond donors (Lipinski definition) is 2.